The van der Waals surface area contributed by atoms with Gasteiger partial charge in [0.2, 0.25) is 5.91 Å². The van der Waals surface area contributed by atoms with Crippen LogP contribution in [0.5, 0.6) is 0 Å². The van der Waals surface area contributed by atoms with Gasteiger partial charge in [-0.3, -0.25) is 14.5 Å². The summed E-state index contributed by atoms with van der Waals surface area (Å²) in [4.78, 5) is 25.0. The first kappa shape index (κ1) is 16.2. The molecule has 1 amide bonds. The second-order valence-corrected chi connectivity index (χ2v) is 6.37. The molecule has 2 fully saturated rings. The number of carbonyl (C=O) groups excluding carboxylic acids is 2. The maximum Gasteiger partial charge on any atom is 0.308 e. The lowest BCUT2D eigenvalue weighted by molar-refractivity contribution is -0.151. The van der Waals surface area contributed by atoms with E-state index < -0.39 is 5.60 Å². The molecule has 0 radical (unpaired) electrons. The van der Waals surface area contributed by atoms with Crippen molar-refractivity contribution in [2.75, 3.05) is 26.2 Å². The molecule has 21 heavy (non-hydrogen) atoms. The van der Waals surface area contributed by atoms with Gasteiger partial charge in [0.1, 0.15) is 0 Å². The average Bonchev–Trinajstić information content (AvgIpc) is 2.88. The van der Waals surface area contributed by atoms with Gasteiger partial charge in [0.05, 0.1) is 24.0 Å². The van der Waals surface area contributed by atoms with Crippen LogP contribution in [0.15, 0.2) is 0 Å². The Balaban J connectivity index is 1.80. The maximum absolute atomic E-state index is 11.7. The van der Waals surface area contributed by atoms with Crippen molar-refractivity contribution in [3.8, 4) is 0 Å². The Morgan fingerprint density at radius 3 is 2.48 bits per heavy atom. The van der Waals surface area contributed by atoms with Gasteiger partial charge in [0.25, 0.3) is 0 Å². The van der Waals surface area contributed by atoms with E-state index in [0.717, 1.165) is 13.0 Å². The summed E-state index contributed by atoms with van der Waals surface area (Å²) in [6.45, 7) is 4.21. The molecule has 1 aliphatic carbocycles. The predicted octanol–water partition coefficient (Wildman–Crippen LogP) is 0.278. The standard InChI is InChI=1S/C15H26N2O4/c1-2-21-14(19)11-3-6-15(20,7-4-11)10-17-8-5-12(9-17)13(16)18/h11-12,20H,2-10H2,1H3,(H2,16,18). The van der Waals surface area contributed by atoms with Crippen molar-refractivity contribution in [3.05, 3.63) is 0 Å². The van der Waals surface area contributed by atoms with E-state index in [-0.39, 0.29) is 23.7 Å². The molecule has 3 N–H and O–H groups in total. The second kappa shape index (κ2) is 6.75. The number of likely N-dealkylation sites (tertiary alicyclic amines) is 1. The molecule has 0 aromatic heterocycles. The van der Waals surface area contributed by atoms with Crippen LogP contribution in [0.3, 0.4) is 0 Å². The Kier molecular flexibility index (Phi) is 5.22. The molecule has 0 spiro atoms. The predicted molar refractivity (Wildman–Crippen MR) is 77.3 cm³/mol. The number of hydrogen-bond acceptors (Lipinski definition) is 5. The SMILES string of the molecule is CCOC(=O)C1CCC(O)(CN2CCC(C(N)=O)C2)CC1. The van der Waals surface area contributed by atoms with Gasteiger partial charge in [0, 0.05) is 13.1 Å². The largest absolute Gasteiger partial charge is 0.466 e. The monoisotopic (exact) mass is 298 g/mol. The summed E-state index contributed by atoms with van der Waals surface area (Å²) in [7, 11) is 0. The highest BCUT2D eigenvalue weighted by Gasteiger charge is 2.39. The van der Waals surface area contributed by atoms with Gasteiger partial charge in [-0.15, -0.1) is 0 Å². The lowest BCUT2D eigenvalue weighted by atomic mass is 9.78. The Hall–Kier alpha value is -1.14. The number of β-amino-alcohol motifs (C(OH)–C–C–N with tert-alkyl or cyclic N) is 1. The van der Waals surface area contributed by atoms with Crippen LogP contribution < -0.4 is 5.73 Å². The van der Waals surface area contributed by atoms with Gasteiger partial charge in [-0.1, -0.05) is 0 Å². The van der Waals surface area contributed by atoms with Gasteiger partial charge in [-0.25, -0.2) is 0 Å². The highest BCUT2D eigenvalue weighted by atomic mass is 16.5. The van der Waals surface area contributed by atoms with E-state index in [1.165, 1.54) is 0 Å². The fraction of sp³-hybridized carbons (Fsp3) is 0.867. The Bertz CT molecular complexity index is 391. The Morgan fingerprint density at radius 1 is 1.29 bits per heavy atom. The average molecular weight is 298 g/mol. The van der Waals surface area contributed by atoms with Gasteiger partial charge < -0.3 is 15.6 Å². The zero-order chi connectivity index (χ0) is 15.5. The van der Waals surface area contributed by atoms with Gasteiger partial charge in [0.15, 0.2) is 0 Å². The second-order valence-electron chi connectivity index (χ2n) is 6.37. The molecule has 6 heteroatoms. The van der Waals surface area contributed by atoms with Crippen molar-refractivity contribution in [1.82, 2.24) is 4.90 Å². The summed E-state index contributed by atoms with van der Waals surface area (Å²) < 4.78 is 5.04. The molecule has 120 valence electrons. The van der Waals surface area contributed by atoms with Crippen molar-refractivity contribution < 1.29 is 19.4 Å². The lowest BCUT2D eigenvalue weighted by Crippen LogP contribution is -2.46. The molecule has 1 saturated carbocycles. The zero-order valence-corrected chi connectivity index (χ0v) is 12.7. The molecule has 1 saturated heterocycles. The summed E-state index contributed by atoms with van der Waals surface area (Å²) in [5.41, 5.74) is 4.57. The summed E-state index contributed by atoms with van der Waals surface area (Å²) in [5.74, 6) is -0.573. The van der Waals surface area contributed by atoms with Crippen molar-refractivity contribution in [3.63, 3.8) is 0 Å². The van der Waals surface area contributed by atoms with Crippen LogP contribution in [0.2, 0.25) is 0 Å². The molecule has 1 heterocycles. The third-order valence-corrected chi connectivity index (χ3v) is 4.73. The normalized spacial score (nSPS) is 33.8. The summed E-state index contributed by atoms with van der Waals surface area (Å²) in [6, 6.07) is 0. The van der Waals surface area contributed by atoms with E-state index in [9.17, 15) is 14.7 Å². The first-order valence-corrected chi connectivity index (χ1v) is 7.84. The van der Waals surface area contributed by atoms with Crippen LogP contribution in [-0.2, 0) is 14.3 Å². The molecule has 6 nitrogen and oxygen atoms in total. The van der Waals surface area contributed by atoms with Gasteiger partial charge in [-0.05, 0) is 45.6 Å². The molecular formula is C15H26N2O4. The number of hydrogen-bond donors (Lipinski definition) is 2. The van der Waals surface area contributed by atoms with E-state index in [1.807, 2.05) is 0 Å². The molecule has 2 aliphatic rings. The number of amides is 1. The smallest absolute Gasteiger partial charge is 0.308 e. The Morgan fingerprint density at radius 2 is 1.95 bits per heavy atom. The molecule has 0 aromatic carbocycles. The quantitative estimate of drug-likeness (QED) is 0.711. The third kappa shape index (κ3) is 4.17. The van der Waals surface area contributed by atoms with E-state index >= 15 is 0 Å². The molecular weight excluding hydrogens is 272 g/mol. The summed E-state index contributed by atoms with van der Waals surface area (Å²) >= 11 is 0. The number of nitrogens with zero attached hydrogens (tertiary/aromatic N) is 1. The lowest BCUT2D eigenvalue weighted by Gasteiger charge is -2.37. The summed E-state index contributed by atoms with van der Waals surface area (Å²) in [6.07, 6.45) is 3.32. The third-order valence-electron chi connectivity index (χ3n) is 4.73. The minimum absolute atomic E-state index is 0.0813. The number of aliphatic hydroxyl groups is 1. The van der Waals surface area contributed by atoms with Crippen LogP contribution in [0.1, 0.15) is 39.0 Å². The van der Waals surface area contributed by atoms with Crippen molar-refractivity contribution in [2.24, 2.45) is 17.6 Å². The highest BCUT2D eigenvalue weighted by Crippen LogP contribution is 2.34. The molecule has 0 aromatic rings. The minimum atomic E-state index is -0.754. The van der Waals surface area contributed by atoms with Gasteiger partial charge in [-0.2, -0.15) is 0 Å². The first-order valence-electron chi connectivity index (χ1n) is 7.84. The number of primary amides is 1. The highest BCUT2D eigenvalue weighted by molar-refractivity contribution is 5.77. The van der Waals surface area contributed by atoms with Crippen LogP contribution >= 0.6 is 0 Å². The number of esters is 1. The number of carbonyl (C=O) groups is 2. The van der Waals surface area contributed by atoms with Crippen molar-refractivity contribution >= 4 is 11.9 Å². The fourth-order valence-corrected chi connectivity index (χ4v) is 3.43. The molecule has 0 bridgehead atoms. The van der Waals surface area contributed by atoms with E-state index in [4.69, 9.17) is 10.5 Å². The fourth-order valence-electron chi connectivity index (χ4n) is 3.43. The molecule has 1 unspecified atom stereocenters. The number of ether oxygens (including phenoxy) is 1. The zero-order valence-electron chi connectivity index (χ0n) is 12.7. The number of nitrogens with two attached hydrogens (primary N) is 1. The molecule has 1 atom stereocenters. The van der Waals surface area contributed by atoms with Crippen LogP contribution in [-0.4, -0.2) is 53.7 Å². The van der Waals surface area contributed by atoms with E-state index in [0.29, 0.717) is 45.4 Å². The minimum Gasteiger partial charge on any atom is -0.466 e. The first-order chi connectivity index (χ1) is 9.93. The molecule has 2 rings (SSSR count). The topological polar surface area (TPSA) is 92.9 Å². The van der Waals surface area contributed by atoms with Crippen LogP contribution in [0.25, 0.3) is 0 Å². The van der Waals surface area contributed by atoms with Crippen molar-refractivity contribution in [1.29, 1.82) is 0 Å². The molecule has 1 aliphatic heterocycles. The Labute approximate surface area is 125 Å². The van der Waals surface area contributed by atoms with Crippen molar-refractivity contribution in [2.45, 2.75) is 44.6 Å². The van der Waals surface area contributed by atoms with Crippen LogP contribution in [0.4, 0.5) is 0 Å². The maximum atomic E-state index is 11.7. The number of rotatable bonds is 5. The van der Waals surface area contributed by atoms with Gasteiger partial charge >= 0.3 is 5.97 Å². The van der Waals surface area contributed by atoms with E-state index in [1.54, 1.807) is 6.92 Å². The summed E-state index contributed by atoms with van der Waals surface area (Å²) in [5, 5.41) is 10.7. The van der Waals surface area contributed by atoms with E-state index in [2.05, 4.69) is 4.90 Å². The van der Waals surface area contributed by atoms with Crippen LogP contribution in [0, 0.1) is 11.8 Å².